The maximum absolute atomic E-state index is 12.6. The van der Waals surface area contributed by atoms with Crippen LogP contribution in [0.4, 0.5) is 11.8 Å². The van der Waals surface area contributed by atoms with Gasteiger partial charge < -0.3 is 15.5 Å². The maximum atomic E-state index is 12.6. The zero-order valence-corrected chi connectivity index (χ0v) is 14.5. The Morgan fingerprint density at radius 2 is 1.77 bits per heavy atom. The van der Waals surface area contributed by atoms with E-state index in [9.17, 15) is 9.59 Å². The lowest BCUT2D eigenvalue weighted by Crippen LogP contribution is -2.51. The number of carbonyl (C=O) groups is 1. The van der Waals surface area contributed by atoms with Gasteiger partial charge in [0, 0.05) is 45.3 Å². The number of aromatic amines is 1. The molecule has 2 aliphatic heterocycles. The van der Waals surface area contributed by atoms with Crippen LogP contribution < -0.4 is 16.2 Å². The fraction of sp³-hybridized carbons (Fsp3) is 0.389. The van der Waals surface area contributed by atoms with Crippen LogP contribution >= 0.6 is 0 Å². The minimum Gasteiger partial charge on any atom is -0.369 e. The standard InChI is InChI=1S/C18H22N6O2/c19-18-20-15(9-16(25)21-18)23-5-7-24(8-6-23)17(26)12-22-10-13-3-1-2-4-14(13)11-22/h1-4,9H,5-8,10-12H2,(H3,19,20,21,25). The Morgan fingerprint density at radius 1 is 1.12 bits per heavy atom. The number of carbonyl (C=O) groups excluding carboxylic acids is 1. The van der Waals surface area contributed by atoms with Gasteiger partial charge in [-0.2, -0.15) is 4.98 Å². The number of nitrogens with one attached hydrogen (secondary N) is 1. The molecule has 0 saturated carbocycles. The summed E-state index contributed by atoms with van der Waals surface area (Å²) in [4.78, 5) is 36.8. The lowest BCUT2D eigenvalue weighted by atomic mass is 10.1. The number of nitrogen functional groups attached to an aromatic ring is 1. The van der Waals surface area contributed by atoms with Crippen molar-refractivity contribution >= 4 is 17.7 Å². The third kappa shape index (κ3) is 3.41. The summed E-state index contributed by atoms with van der Waals surface area (Å²) in [6, 6.07) is 9.77. The number of H-pyrrole nitrogens is 1. The van der Waals surface area contributed by atoms with Crippen molar-refractivity contribution in [2.75, 3.05) is 43.4 Å². The summed E-state index contributed by atoms with van der Waals surface area (Å²) in [5, 5.41) is 0. The smallest absolute Gasteiger partial charge is 0.254 e. The molecule has 136 valence electrons. The highest BCUT2D eigenvalue weighted by Gasteiger charge is 2.26. The molecule has 0 spiro atoms. The van der Waals surface area contributed by atoms with Crippen molar-refractivity contribution in [3.8, 4) is 0 Å². The average molecular weight is 354 g/mol. The largest absolute Gasteiger partial charge is 0.369 e. The summed E-state index contributed by atoms with van der Waals surface area (Å²) in [5.41, 5.74) is 7.96. The van der Waals surface area contributed by atoms with E-state index in [1.165, 1.54) is 17.2 Å². The van der Waals surface area contributed by atoms with Crippen LogP contribution in [0.25, 0.3) is 0 Å². The molecule has 3 heterocycles. The SMILES string of the molecule is Nc1nc(N2CCN(C(=O)CN3Cc4ccccc4C3)CC2)cc(=O)[nH]1. The average Bonchev–Trinajstić information content (AvgIpc) is 3.03. The second kappa shape index (κ2) is 6.80. The van der Waals surface area contributed by atoms with Crippen LogP contribution in [-0.2, 0) is 17.9 Å². The van der Waals surface area contributed by atoms with Crippen LogP contribution in [0.3, 0.4) is 0 Å². The predicted octanol–water partition coefficient (Wildman–Crippen LogP) is 0.0165. The normalized spacial score (nSPS) is 17.4. The Bertz CT molecular complexity index is 847. The van der Waals surface area contributed by atoms with Crippen LogP contribution in [0.2, 0.25) is 0 Å². The van der Waals surface area contributed by atoms with E-state index in [0.717, 1.165) is 13.1 Å². The molecule has 2 aromatic rings. The van der Waals surface area contributed by atoms with Crippen molar-refractivity contribution in [2.24, 2.45) is 0 Å². The van der Waals surface area contributed by atoms with E-state index < -0.39 is 0 Å². The van der Waals surface area contributed by atoms with Gasteiger partial charge in [-0.05, 0) is 11.1 Å². The van der Waals surface area contributed by atoms with E-state index in [2.05, 4.69) is 27.0 Å². The highest BCUT2D eigenvalue weighted by atomic mass is 16.2. The molecule has 8 nitrogen and oxygen atoms in total. The van der Waals surface area contributed by atoms with Crippen molar-refractivity contribution in [3.05, 3.63) is 51.8 Å². The summed E-state index contributed by atoms with van der Waals surface area (Å²) >= 11 is 0. The van der Waals surface area contributed by atoms with Crippen molar-refractivity contribution in [1.82, 2.24) is 19.8 Å². The summed E-state index contributed by atoms with van der Waals surface area (Å²) in [6.45, 7) is 4.62. The first kappa shape index (κ1) is 16.6. The number of piperazine rings is 1. The Morgan fingerprint density at radius 3 is 2.38 bits per heavy atom. The van der Waals surface area contributed by atoms with E-state index in [-0.39, 0.29) is 17.4 Å². The third-order valence-electron chi connectivity index (χ3n) is 4.97. The van der Waals surface area contributed by atoms with Crippen molar-refractivity contribution in [1.29, 1.82) is 0 Å². The molecule has 0 unspecified atom stereocenters. The third-order valence-corrected chi connectivity index (χ3v) is 4.97. The molecule has 3 N–H and O–H groups in total. The van der Waals surface area contributed by atoms with Gasteiger partial charge in [0.05, 0.1) is 6.54 Å². The summed E-state index contributed by atoms with van der Waals surface area (Å²) in [6.07, 6.45) is 0. The van der Waals surface area contributed by atoms with Gasteiger partial charge in [0.1, 0.15) is 5.82 Å². The molecular formula is C18H22N6O2. The lowest BCUT2D eigenvalue weighted by Gasteiger charge is -2.36. The van der Waals surface area contributed by atoms with Crippen molar-refractivity contribution in [2.45, 2.75) is 13.1 Å². The fourth-order valence-corrected chi connectivity index (χ4v) is 3.62. The van der Waals surface area contributed by atoms with E-state index in [4.69, 9.17) is 5.73 Å². The van der Waals surface area contributed by atoms with E-state index in [0.29, 0.717) is 38.5 Å². The number of hydrogen-bond acceptors (Lipinski definition) is 6. The zero-order valence-electron chi connectivity index (χ0n) is 14.5. The number of fused-ring (bicyclic) bond motifs is 1. The number of aromatic nitrogens is 2. The van der Waals surface area contributed by atoms with E-state index >= 15 is 0 Å². The second-order valence-corrected chi connectivity index (χ2v) is 6.77. The van der Waals surface area contributed by atoms with Gasteiger partial charge in [-0.15, -0.1) is 0 Å². The van der Waals surface area contributed by atoms with Crippen LogP contribution in [-0.4, -0.2) is 58.4 Å². The lowest BCUT2D eigenvalue weighted by molar-refractivity contribution is -0.132. The molecule has 4 rings (SSSR count). The topological polar surface area (TPSA) is 98.6 Å². The number of hydrogen-bond donors (Lipinski definition) is 2. The number of nitrogens with two attached hydrogens (primary N) is 1. The number of rotatable bonds is 3. The molecule has 0 bridgehead atoms. The second-order valence-electron chi connectivity index (χ2n) is 6.77. The van der Waals surface area contributed by atoms with E-state index in [1.807, 2.05) is 21.9 Å². The maximum Gasteiger partial charge on any atom is 0.254 e. The first-order valence-electron chi connectivity index (χ1n) is 8.77. The van der Waals surface area contributed by atoms with Gasteiger partial charge in [-0.3, -0.25) is 19.5 Å². The summed E-state index contributed by atoms with van der Waals surface area (Å²) in [7, 11) is 0. The molecule has 0 aliphatic carbocycles. The molecule has 1 aromatic heterocycles. The molecule has 0 atom stereocenters. The number of benzene rings is 1. The summed E-state index contributed by atoms with van der Waals surface area (Å²) in [5.74, 6) is 0.823. The molecule has 26 heavy (non-hydrogen) atoms. The van der Waals surface area contributed by atoms with Crippen molar-refractivity contribution in [3.63, 3.8) is 0 Å². The Hall–Kier alpha value is -2.87. The van der Waals surface area contributed by atoms with Crippen LogP contribution in [0.15, 0.2) is 35.1 Å². The fourth-order valence-electron chi connectivity index (χ4n) is 3.62. The first-order chi connectivity index (χ1) is 12.6. The molecule has 1 fully saturated rings. The van der Waals surface area contributed by atoms with Crippen LogP contribution in [0.1, 0.15) is 11.1 Å². The molecule has 1 aromatic carbocycles. The minimum atomic E-state index is -0.264. The molecular weight excluding hydrogens is 332 g/mol. The number of amides is 1. The first-order valence-corrected chi connectivity index (χ1v) is 8.77. The minimum absolute atomic E-state index is 0.111. The van der Waals surface area contributed by atoms with Crippen LogP contribution in [0, 0.1) is 0 Å². The summed E-state index contributed by atoms with van der Waals surface area (Å²) < 4.78 is 0. The Labute approximate surface area is 151 Å². The highest BCUT2D eigenvalue weighted by Crippen LogP contribution is 2.22. The number of nitrogens with zero attached hydrogens (tertiary/aromatic N) is 4. The molecule has 1 amide bonds. The van der Waals surface area contributed by atoms with E-state index in [1.54, 1.807) is 0 Å². The van der Waals surface area contributed by atoms with Gasteiger partial charge >= 0.3 is 0 Å². The van der Waals surface area contributed by atoms with Gasteiger partial charge in [0.2, 0.25) is 11.9 Å². The highest BCUT2D eigenvalue weighted by molar-refractivity contribution is 5.78. The quantitative estimate of drug-likeness (QED) is 0.806. The molecule has 2 aliphatic rings. The number of anilines is 2. The Balaban J connectivity index is 1.32. The molecule has 1 saturated heterocycles. The molecule has 8 heteroatoms. The van der Waals surface area contributed by atoms with Gasteiger partial charge in [-0.1, -0.05) is 24.3 Å². The monoisotopic (exact) mass is 354 g/mol. The van der Waals surface area contributed by atoms with Crippen LogP contribution in [0.5, 0.6) is 0 Å². The molecule has 0 radical (unpaired) electrons. The Kier molecular flexibility index (Phi) is 4.34. The van der Waals surface area contributed by atoms with Gasteiger partial charge in [0.25, 0.3) is 5.56 Å². The van der Waals surface area contributed by atoms with Crippen molar-refractivity contribution < 1.29 is 4.79 Å². The predicted molar refractivity (Wildman–Crippen MR) is 98.6 cm³/mol. The van der Waals surface area contributed by atoms with Gasteiger partial charge in [0.15, 0.2) is 0 Å². The van der Waals surface area contributed by atoms with Gasteiger partial charge in [-0.25, -0.2) is 0 Å². The zero-order chi connectivity index (χ0) is 18.1.